The number of halogens is 1. The highest BCUT2D eigenvalue weighted by Crippen LogP contribution is 2.68. The van der Waals surface area contributed by atoms with Gasteiger partial charge in [-0.1, -0.05) is 95.7 Å². The number of likely N-dealkylation sites (tertiary alicyclic amines) is 1. The Kier molecular flexibility index (Phi) is 9.83. The van der Waals surface area contributed by atoms with E-state index in [0.29, 0.717) is 39.0 Å². The lowest BCUT2D eigenvalue weighted by molar-refractivity contribution is -0.147. The average molecular weight is 667 g/mol. The number of nitrogens with zero attached hydrogens (tertiary/aromatic N) is 3. The van der Waals surface area contributed by atoms with Gasteiger partial charge in [-0.2, -0.15) is 0 Å². The van der Waals surface area contributed by atoms with Crippen molar-refractivity contribution in [3.05, 3.63) is 97.1 Å². The lowest BCUT2D eigenvalue weighted by Gasteiger charge is -2.40. The molecule has 5 rings (SSSR count). The van der Waals surface area contributed by atoms with Crippen LogP contribution in [0.1, 0.15) is 30.9 Å². The molecule has 7 atom stereocenters. The van der Waals surface area contributed by atoms with E-state index in [4.69, 9.17) is 0 Å². The second-order valence-corrected chi connectivity index (χ2v) is 14.4. The van der Waals surface area contributed by atoms with Gasteiger partial charge >= 0.3 is 0 Å². The Morgan fingerprint density at radius 1 is 1.02 bits per heavy atom. The summed E-state index contributed by atoms with van der Waals surface area (Å²) in [4.78, 5) is 48.8. The first-order chi connectivity index (χ1) is 20.8. The molecule has 43 heavy (non-hydrogen) atoms. The maximum Gasteiger partial charge on any atom is 0.247 e. The van der Waals surface area contributed by atoms with Crippen molar-refractivity contribution >= 4 is 45.4 Å². The van der Waals surface area contributed by atoms with Crippen molar-refractivity contribution < 1.29 is 19.5 Å². The Hall–Kier alpha value is -2.88. The minimum Gasteiger partial charge on any atom is -0.394 e. The van der Waals surface area contributed by atoms with Crippen LogP contribution in [0.2, 0.25) is 0 Å². The van der Waals surface area contributed by atoms with Crippen molar-refractivity contribution in [2.24, 2.45) is 11.8 Å². The first kappa shape index (κ1) is 31.5. The third kappa shape index (κ3) is 5.71. The molecule has 0 aromatic heterocycles. The summed E-state index contributed by atoms with van der Waals surface area (Å²) in [7, 11) is 0. The van der Waals surface area contributed by atoms with E-state index >= 15 is 0 Å². The summed E-state index contributed by atoms with van der Waals surface area (Å²) in [6.07, 6.45) is 4.50. The van der Waals surface area contributed by atoms with E-state index in [1.165, 1.54) is 0 Å². The van der Waals surface area contributed by atoms with Crippen LogP contribution in [0.5, 0.6) is 0 Å². The molecule has 2 aromatic carbocycles. The van der Waals surface area contributed by atoms with Gasteiger partial charge in [0.05, 0.1) is 29.2 Å². The molecule has 0 aliphatic carbocycles. The smallest absolute Gasteiger partial charge is 0.247 e. The molecule has 2 bridgehead atoms. The molecule has 228 valence electrons. The third-order valence-corrected chi connectivity index (χ3v) is 12.3. The summed E-state index contributed by atoms with van der Waals surface area (Å²) < 4.78 is -0.793. The minimum atomic E-state index is -0.805. The Bertz CT molecular complexity index is 1340. The second kappa shape index (κ2) is 13.4. The normalized spacial score (nSPS) is 27.9. The predicted octanol–water partition coefficient (Wildman–Crippen LogP) is 4.65. The van der Waals surface area contributed by atoms with Gasteiger partial charge in [0, 0.05) is 36.3 Å². The lowest BCUT2D eigenvalue weighted by atomic mass is 9.70. The molecule has 0 saturated carbocycles. The molecule has 3 unspecified atom stereocenters. The molecule has 9 heteroatoms. The number of fused-ring (bicyclic) bond motifs is 1. The molecule has 0 radical (unpaired) electrons. The minimum absolute atomic E-state index is 0.0377. The van der Waals surface area contributed by atoms with Gasteiger partial charge in [0.25, 0.3) is 0 Å². The van der Waals surface area contributed by atoms with Crippen LogP contribution >= 0.6 is 27.7 Å². The third-order valence-electron chi connectivity index (χ3n) is 9.08. The summed E-state index contributed by atoms with van der Waals surface area (Å²) in [6, 6.07) is 18.2. The van der Waals surface area contributed by atoms with Crippen LogP contribution < -0.4 is 0 Å². The van der Waals surface area contributed by atoms with Crippen LogP contribution in [0.15, 0.2) is 86.0 Å². The van der Waals surface area contributed by atoms with Crippen LogP contribution in [0.3, 0.4) is 0 Å². The molecule has 3 heterocycles. The van der Waals surface area contributed by atoms with Gasteiger partial charge in [0.15, 0.2) is 0 Å². The Morgan fingerprint density at radius 2 is 1.56 bits per heavy atom. The molecule has 3 aliphatic heterocycles. The van der Waals surface area contributed by atoms with Crippen LogP contribution in [-0.2, 0) is 27.5 Å². The SMILES string of the molecule is C=CCN(Cc1ccccc1)C(=O)C1N([C@@H](CC)CO)C(=O)[C@@H]2[C@@H](C(=O)N(CC=C)Cc3ccccc3)[C@@H]3SC12CC3Br. The lowest BCUT2D eigenvalue weighted by Crippen LogP contribution is -2.57. The Labute approximate surface area is 267 Å². The van der Waals surface area contributed by atoms with Gasteiger partial charge in [0.1, 0.15) is 6.04 Å². The van der Waals surface area contributed by atoms with E-state index in [1.807, 2.05) is 67.6 Å². The zero-order chi connectivity index (χ0) is 30.7. The fourth-order valence-corrected chi connectivity index (χ4v) is 10.8. The number of aliphatic hydroxyl groups excluding tert-OH is 1. The molecular formula is C34H40BrN3O4S. The van der Waals surface area contributed by atoms with Gasteiger partial charge in [-0.05, 0) is 24.0 Å². The molecule has 1 spiro atoms. The molecule has 3 amide bonds. The summed E-state index contributed by atoms with van der Waals surface area (Å²) >= 11 is 5.49. The number of amides is 3. The number of hydrogen-bond donors (Lipinski definition) is 1. The number of carbonyl (C=O) groups is 3. The highest BCUT2D eigenvalue weighted by atomic mass is 79.9. The number of benzene rings is 2. The highest BCUT2D eigenvalue weighted by Gasteiger charge is 2.76. The molecular weight excluding hydrogens is 626 g/mol. The summed E-state index contributed by atoms with van der Waals surface area (Å²) in [5.74, 6) is -1.73. The Morgan fingerprint density at radius 3 is 2.05 bits per heavy atom. The topological polar surface area (TPSA) is 81.2 Å². The molecule has 7 nitrogen and oxygen atoms in total. The van der Waals surface area contributed by atoms with Crippen molar-refractivity contribution in [1.29, 1.82) is 0 Å². The van der Waals surface area contributed by atoms with E-state index < -0.39 is 28.7 Å². The maximum absolute atomic E-state index is 14.7. The van der Waals surface area contributed by atoms with Gasteiger partial charge in [-0.3, -0.25) is 14.4 Å². The first-order valence-electron chi connectivity index (χ1n) is 14.9. The maximum atomic E-state index is 14.7. The fourth-order valence-electron chi connectivity index (χ4n) is 7.20. The van der Waals surface area contributed by atoms with Gasteiger partial charge in [-0.25, -0.2) is 0 Å². The number of rotatable bonds is 13. The Balaban J connectivity index is 1.55. The molecule has 3 saturated heterocycles. The van der Waals surface area contributed by atoms with E-state index in [-0.39, 0.29) is 34.4 Å². The van der Waals surface area contributed by atoms with E-state index in [0.717, 1.165) is 11.1 Å². The van der Waals surface area contributed by atoms with Gasteiger partial charge in [-0.15, -0.1) is 24.9 Å². The summed E-state index contributed by atoms with van der Waals surface area (Å²) in [5, 5.41) is 10.3. The van der Waals surface area contributed by atoms with Gasteiger partial charge < -0.3 is 19.8 Å². The van der Waals surface area contributed by atoms with E-state index in [9.17, 15) is 19.5 Å². The average Bonchev–Trinajstić information content (AvgIpc) is 3.61. The van der Waals surface area contributed by atoms with Crippen molar-refractivity contribution in [2.45, 2.75) is 59.8 Å². The number of aliphatic hydroxyl groups is 1. The monoisotopic (exact) mass is 665 g/mol. The summed E-state index contributed by atoms with van der Waals surface area (Å²) in [5.41, 5.74) is 1.98. The first-order valence-corrected chi connectivity index (χ1v) is 16.7. The predicted molar refractivity (Wildman–Crippen MR) is 174 cm³/mol. The summed E-state index contributed by atoms with van der Waals surface area (Å²) in [6.45, 7) is 10.9. The van der Waals surface area contributed by atoms with Crippen molar-refractivity contribution in [3.63, 3.8) is 0 Å². The fraction of sp³-hybridized carbons (Fsp3) is 0.441. The van der Waals surface area contributed by atoms with E-state index in [1.54, 1.807) is 38.6 Å². The van der Waals surface area contributed by atoms with Crippen molar-refractivity contribution in [3.8, 4) is 0 Å². The van der Waals surface area contributed by atoms with Crippen LogP contribution in [0.25, 0.3) is 0 Å². The molecule has 1 N–H and O–H groups in total. The zero-order valence-electron chi connectivity index (χ0n) is 24.6. The number of hydrogen-bond acceptors (Lipinski definition) is 5. The van der Waals surface area contributed by atoms with Crippen molar-refractivity contribution in [2.75, 3.05) is 19.7 Å². The van der Waals surface area contributed by atoms with Crippen LogP contribution in [-0.4, -0.2) is 84.1 Å². The standard InChI is InChI=1S/C34H40BrN3O4S/c1-4-17-36(20-23-13-9-7-10-14-23)31(40)27-28-32(41)38(25(6-3)22-39)30(34(28)19-26(35)29(27)43-34)33(42)37(18-5-2)21-24-15-11-8-12-16-24/h4-5,7-16,25-30,39H,1-2,6,17-22H2,3H3/t25-,26?,27+,28-,29+,30?,34?/m0/s1. The van der Waals surface area contributed by atoms with Crippen LogP contribution in [0.4, 0.5) is 0 Å². The van der Waals surface area contributed by atoms with Gasteiger partial charge in [0.2, 0.25) is 17.7 Å². The molecule has 2 aromatic rings. The number of alkyl halides is 1. The van der Waals surface area contributed by atoms with E-state index in [2.05, 4.69) is 29.1 Å². The molecule has 3 aliphatic rings. The quantitative estimate of drug-likeness (QED) is 0.249. The van der Waals surface area contributed by atoms with Crippen molar-refractivity contribution in [1.82, 2.24) is 14.7 Å². The second-order valence-electron chi connectivity index (χ2n) is 11.6. The number of carbonyl (C=O) groups excluding carboxylic acids is 3. The molecule has 3 fully saturated rings. The highest BCUT2D eigenvalue weighted by molar-refractivity contribution is 9.09. The zero-order valence-corrected chi connectivity index (χ0v) is 27.0. The number of thioether (sulfide) groups is 1. The van der Waals surface area contributed by atoms with Crippen LogP contribution in [0, 0.1) is 11.8 Å². The largest absolute Gasteiger partial charge is 0.394 e.